The predicted molar refractivity (Wildman–Crippen MR) is 50.1 cm³/mol. The third-order valence-electron chi connectivity index (χ3n) is 1.66. The van der Waals surface area contributed by atoms with E-state index in [4.69, 9.17) is 5.11 Å². The van der Waals surface area contributed by atoms with E-state index >= 15 is 0 Å². The van der Waals surface area contributed by atoms with E-state index in [2.05, 4.69) is 4.98 Å². The molecule has 3 N–H and O–H groups in total. The fourth-order valence-corrected chi connectivity index (χ4v) is 1.05. The molecule has 0 unspecified atom stereocenters. The van der Waals surface area contributed by atoms with Gasteiger partial charge >= 0.3 is 5.97 Å². The highest BCUT2D eigenvalue weighted by molar-refractivity contribution is 5.86. The summed E-state index contributed by atoms with van der Waals surface area (Å²) in [7, 11) is 0. The summed E-state index contributed by atoms with van der Waals surface area (Å²) in [4.78, 5) is 23.2. The van der Waals surface area contributed by atoms with Crippen molar-refractivity contribution in [2.45, 2.75) is 6.92 Å². The molecule has 0 amide bonds. The zero-order chi connectivity index (χ0) is 10.7. The van der Waals surface area contributed by atoms with E-state index in [1.807, 2.05) is 0 Å². The molecule has 5 heteroatoms. The number of hydrogen-bond donors (Lipinski definition) is 3. The second kappa shape index (κ2) is 3.78. The van der Waals surface area contributed by atoms with E-state index in [1.54, 1.807) is 6.92 Å². The number of aromatic hydroxyl groups is 1. The molecule has 0 atom stereocenters. The lowest BCUT2D eigenvalue weighted by Crippen LogP contribution is -2.05. The van der Waals surface area contributed by atoms with Gasteiger partial charge in [0.1, 0.15) is 0 Å². The van der Waals surface area contributed by atoms with Crippen LogP contribution in [0, 0.1) is 6.92 Å². The Bertz CT molecular complexity index is 418. The molecule has 14 heavy (non-hydrogen) atoms. The van der Waals surface area contributed by atoms with Gasteiger partial charge in [0.25, 0.3) is 5.56 Å². The summed E-state index contributed by atoms with van der Waals surface area (Å²) in [6.07, 6.45) is 2.11. The van der Waals surface area contributed by atoms with Crippen molar-refractivity contribution in [1.29, 1.82) is 0 Å². The van der Waals surface area contributed by atoms with E-state index in [9.17, 15) is 14.7 Å². The van der Waals surface area contributed by atoms with Crippen LogP contribution < -0.4 is 5.56 Å². The summed E-state index contributed by atoms with van der Waals surface area (Å²) >= 11 is 0. The Labute approximate surface area is 79.3 Å². The van der Waals surface area contributed by atoms with Gasteiger partial charge in [-0.2, -0.15) is 0 Å². The van der Waals surface area contributed by atoms with Crippen LogP contribution in [0.15, 0.2) is 16.9 Å². The van der Waals surface area contributed by atoms with Gasteiger partial charge in [0.15, 0.2) is 5.88 Å². The van der Waals surface area contributed by atoms with Crippen LogP contribution in [-0.2, 0) is 4.79 Å². The predicted octanol–water partition coefficient (Wildman–Crippen LogP) is 0.487. The maximum Gasteiger partial charge on any atom is 0.328 e. The van der Waals surface area contributed by atoms with Crippen molar-refractivity contribution >= 4 is 12.0 Å². The normalized spacial score (nSPS) is 10.6. The summed E-state index contributed by atoms with van der Waals surface area (Å²) < 4.78 is 0. The number of pyridine rings is 1. The lowest BCUT2D eigenvalue weighted by molar-refractivity contribution is -0.131. The quantitative estimate of drug-likeness (QED) is 0.599. The van der Waals surface area contributed by atoms with Crippen LogP contribution in [0.2, 0.25) is 0 Å². The van der Waals surface area contributed by atoms with E-state index in [-0.39, 0.29) is 5.88 Å². The lowest BCUT2D eigenvalue weighted by Gasteiger charge is -2.01. The summed E-state index contributed by atoms with van der Waals surface area (Å²) in [5, 5.41) is 17.7. The number of carbonyl (C=O) groups is 1. The van der Waals surface area contributed by atoms with E-state index in [1.165, 1.54) is 12.1 Å². The molecular weight excluding hydrogens is 186 g/mol. The van der Waals surface area contributed by atoms with Gasteiger partial charge < -0.3 is 10.2 Å². The van der Waals surface area contributed by atoms with Gasteiger partial charge in [0.2, 0.25) is 0 Å². The first-order valence-corrected chi connectivity index (χ1v) is 3.84. The fourth-order valence-electron chi connectivity index (χ4n) is 1.05. The Kier molecular flexibility index (Phi) is 2.71. The molecule has 0 bridgehead atoms. The Morgan fingerprint density at radius 2 is 2.21 bits per heavy atom. The number of nitrogens with one attached hydrogen (secondary N) is 1. The van der Waals surface area contributed by atoms with Crippen molar-refractivity contribution in [1.82, 2.24) is 4.98 Å². The SMILES string of the molecule is Cc1cc(=O)[nH]c(O)c1C=CC(=O)O. The monoisotopic (exact) mass is 195 g/mol. The Hall–Kier alpha value is -2.04. The highest BCUT2D eigenvalue weighted by Crippen LogP contribution is 2.16. The van der Waals surface area contributed by atoms with Crippen LogP contribution in [0.1, 0.15) is 11.1 Å². The van der Waals surface area contributed by atoms with Gasteiger partial charge in [-0.15, -0.1) is 0 Å². The first-order valence-electron chi connectivity index (χ1n) is 3.84. The second-order valence-electron chi connectivity index (χ2n) is 2.75. The highest BCUT2D eigenvalue weighted by atomic mass is 16.4. The van der Waals surface area contributed by atoms with Crippen molar-refractivity contribution in [3.63, 3.8) is 0 Å². The van der Waals surface area contributed by atoms with Gasteiger partial charge in [-0.05, 0) is 18.6 Å². The minimum absolute atomic E-state index is 0.298. The summed E-state index contributed by atoms with van der Waals surface area (Å²) in [6, 6.07) is 1.28. The highest BCUT2D eigenvalue weighted by Gasteiger charge is 2.03. The number of H-pyrrole nitrogens is 1. The van der Waals surface area contributed by atoms with Gasteiger partial charge in [0, 0.05) is 17.7 Å². The van der Waals surface area contributed by atoms with Gasteiger partial charge in [0.05, 0.1) is 0 Å². The Balaban J connectivity index is 3.21. The lowest BCUT2D eigenvalue weighted by atomic mass is 10.1. The molecular formula is C9H9NO4. The fraction of sp³-hybridized carbons (Fsp3) is 0.111. The molecule has 0 aliphatic rings. The first-order chi connectivity index (χ1) is 6.50. The van der Waals surface area contributed by atoms with Gasteiger partial charge in [-0.1, -0.05) is 0 Å². The molecule has 0 aromatic carbocycles. The van der Waals surface area contributed by atoms with Gasteiger partial charge in [-0.25, -0.2) is 4.79 Å². The second-order valence-corrected chi connectivity index (χ2v) is 2.75. The maximum absolute atomic E-state index is 10.8. The number of hydrogen-bond acceptors (Lipinski definition) is 3. The summed E-state index contributed by atoms with van der Waals surface area (Å²) in [5.74, 6) is -1.44. The van der Waals surface area contributed by atoms with Crippen molar-refractivity contribution in [3.8, 4) is 5.88 Å². The number of carboxylic acid groups (broad SMARTS) is 1. The van der Waals surface area contributed by atoms with Crippen molar-refractivity contribution in [2.24, 2.45) is 0 Å². The summed E-state index contributed by atoms with van der Waals surface area (Å²) in [6.45, 7) is 1.61. The van der Waals surface area contributed by atoms with Crippen molar-refractivity contribution < 1.29 is 15.0 Å². The third kappa shape index (κ3) is 2.22. The molecule has 74 valence electrons. The molecule has 1 heterocycles. The number of aromatic amines is 1. The number of aliphatic carboxylic acids is 1. The molecule has 1 rings (SSSR count). The van der Waals surface area contributed by atoms with E-state index < -0.39 is 11.5 Å². The number of carboxylic acids is 1. The Morgan fingerprint density at radius 3 is 2.71 bits per heavy atom. The Morgan fingerprint density at radius 1 is 1.57 bits per heavy atom. The minimum atomic E-state index is -1.12. The molecule has 1 aromatic rings. The van der Waals surface area contributed by atoms with Crippen LogP contribution in [0.4, 0.5) is 0 Å². The minimum Gasteiger partial charge on any atom is -0.494 e. The molecule has 5 nitrogen and oxygen atoms in total. The van der Waals surface area contributed by atoms with Gasteiger partial charge in [-0.3, -0.25) is 9.78 Å². The van der Waals surface area contributed by atoms with Crippen molar-refractivity contribution in [3.05, 3.63) is 33.6 Å². The zero-order valence-corrected chi connectivity index (χ0v) is 7.44. The average molecular weight is 195 g/mol. The first kappa shape index (κ1) is 10.0. The van der Waals surface area contributed by atoms with Crippen LogP contribution in [0.25, 0.3) is 6.08 Å². The van der Waals surface area contributed by atoms with Crippen molar-refractivity contribution in [2.75, 3.05) is 0 Å². The third-order valence-corrected chi connectivity index (χ3v) is 1.66. The van der Waals surface area contributed by atoms with E-state index in [0.29, 0.717) is 11.1 Å². The average Bonchev–Trinajstić information content (AvgIpc) is 2.01. The molecule has 0 saturated carbocycles. The number of aromatic nitrogens is 1. The van der Waals surface area contributed by atoms with Crippen LogP contribution >= 0.6 is 0 Å². The number of aryl methyl sites for hydroxylation is 1. The molecule has 0 spiro atoms. The van der Waals surface area contributed by atoms with Crippen LogP contribution in [0.3, 0.4) is 0 Å². The molecule has 0 aliphatic heterocycles. The van der Waals surface area contributed by atoms with E-state index in [0.717, 1.165) is 6.08 Å². The maximum atomic E-state index is 10.8. The molecule has 0 saturated heterocycles. The molecule has 0 radical (unpaired) electrons. The summed E-state index contributed by atoms with van der Waals surface area (Å²) in [5.41, 5.74) is 0.392. The molecule has 0 fully saturated rings. The van der Waals surface area contributed by atoms with Crippen LogP contribution in [-0.4, -0.2) is 21.2 Å². The standard InChI is InChI=1S/C9H9NO4/c1-5-4-7(11)10-9(14)6(5)2-3-8(12)13/h2-4H,1H3,(H,12,13)(H2,10,11,14). The topological polar surface area (TPSA) is 90.4 Å². The largest absolute Gasteiger partial charge is 0.494 e. The number of rotatable bonds is 2. The molecule has 1 aromatic heterocycles. The van der Waals surface area contributed by atoms with Crippen LogP contribution in [0.5, 0.6) is 5.88 Å². The smallest absolute Gasteiger partial charge is 0.328 e. The zero-order valence-electron chi connectivity index (χ0n) is 7.44. The molecule has 0 aliphatic carbocycles.